The van der Waals surface area contributed by atoms with Gasteiger partial charge in [-0.05, 0) is 47.5 Å². The van der Waals surface area contributed by atoms with Crippen LogP contribution in [0.1, 0.15) is 11.1 Å². The Morgan fingerprint density at radius 3 is 1.75 bits per heavy atom. The molecule has 36 heavy (non-hydrogen) atoms. The maximum Gasteiger partial charge on any atom is 0.453 e. The Morgan fingerprint density at radius 1 is 0.722 bits per heavy atom. The summed E-state index contributed by atoms with van der Waals surface area (Å²) in [6.07, 6.45) is 0.190. The summed E-state index contributed by atoms with van der Waals surface area (Å²) in [5.74, 6) is -0.270. The Bertz CT molecular complexity index is 1240. The predicted octanol–water partition coefficient (Wildman–Crippen LogP) is 5.99. The molecule has 2 amide bonds. The van der Waals surface area contributed by atoms with Gasteiger partial charge in [-0.2, -0.15) is 0 Å². The number of urea groups is 1. The normalized spacial score (nSPS) is 11.8. The summed E-state index contributed by atoms with van der Waals surface area (Å²) >= 11 is 0. The molecule has 4 rings (SSSR count). The van der Waals surface area contributed by atoms with Crippen LogP contribution in [0.4, 0.5) is 10.5 Å². The topological polar surface area (TPSA) is 103 Å². The average molecular weight is 502 g/mol. The minimum absolute atomic E-state index is 0.190. The van der Waals surface area contributed by atoms with E-state index in [-0.39, 0.29) is 6.42 Å². The molecule has 8 heteroatoms. The number of hydrogen-bond donors (Lipinski definition) is 3. The molecule has 0 aliphatic carbocycles. The number of hydrogen-bond acceptors (Lipinski definition) is 5. The number of anilines is 1. The van der Waals surface area contributed by atoms with Crippen LogP contribution in [0.25, 0.3) is 0 Å². The Hall–Kier alpha value is -4.22. The molecule has 0 fully saturated rings. The summed E-state index contributed by atoms with van der Waals surface area (Å²) in [6, 6.07) is 33.7. The number of rotatable bonds is 10. The van der Waals surface area contributed by atoms with E-state index in [1.807, 2.05) is 54.6 Å². The molecule has 0 aromatic heterocycles. The van der Waals surface area contributed by atoms with Gasteiger partial charge in [0, 0.05) is 18.7 Å². The van der Waals surface area contributed by atoms with Crippen LogP contribution in [0.15, 0.2) is 115 Å². The molecule has 0 saturated carbocycles. The number of nitrogen functional groups attached to an aromatic ring is 1. The zero-order valence-corrected chi connectivity index (χ0v) is 20.5. The number of para-hydroxylation sites is 2. The average Bonchev–Trinajstić information content (AvgIpc) is 2.90. The van der Waals surface area contributed by atoms with Crippen LogP contribution in [0.5, 0.6) is 11.5 Å². The number of amides is 2. The second-order valence-electron chi connectivity index (χ2n) is 8.12. The van der Waals surface area contributed by atoms with E-state index < -0.39 is 19.4 Å². The highest BCUT2D eigenvalue weighted by molar-refractivity contribution is 7.55. The lowest BCUT2D eigenvalue weighted by Crippen LogP contribution is -2.44. The van der Waals surface area contributed by atoms with Crippen LogP contribution in [-0.4, -0.2) is 11.8 Å². The van der Waals surface area contributed by atoms with Gasteiger partial charge in [0.25, 0.3) is 0 Å². The third-order valence-electron chi connectivity index (χ3n) is 5.34. The summed E-state index contributed by atoms with van der Waals surface area (Å²) in [7, 11) is -4.00. The molecule has 0 spiro atoms. The van der Waals surface area contributed by atoms with E-state index in [0.717, 1.165) is 11.1 Å². The van der Waals surface area contributed by atoms with Crippen molar-refractivity contribution in [2.24, 2.45) is 0 Å². The largest absolute Gasteiger partial charge is 0.453 e. The molecule has 4 aromatic carbocycles. The second-order valence-corrected chi connectivity index (χ2v) is 10.2. The molecule has 0 heterocycles. The van der Waals surface area contributed by atoms with Crippen LogP contribution in [0, 0.1) is 0 Å². The van der Waals surface area contributed by atoms with E-state index in [0.29, 0.717) is 23.7 Å². The number of carbonyl (C=O) groups is 1. The molecule has 1 atom stereocenters. The molecule has 1 unspecified atom stereocenters. The van der Waals surface area contributed by atoms with Crippen LogP contribution >= 0.6 is 7.60 Å². The van der Waals surface area contributed by atoms with E-state index in [9.17, 15) is 9.36 Å². The highest BCUT2D eigenvalue weighted by Crippen LogP contribution is 2.52. The van der Waals surface area contributed by atoms with E-state index in [4.69, 9.17) is 14.8 Å². The van der Waals surface area contributed by atoms with Gasteiger partial charge in [-0.25, -0.2) is 9.36 Å². The lowest BCUT2D eigenvalue weighted by Gasteiger charge is -2.28. The number of nitrogens with one attached hydrogen (secondary N) is 2. The molecule has 184 valence electrons. The van der Waals surface area contributed by atoms with Crippen molar-refractivity contribution < 1.29 is 18.4 Å². The van der Waals surface area contributed by atoms with Crippen LogP contribution in [0.3, 0.4) is 0 Å². The summed E-state index contributed by atoms with van der Waals surface area (Å²) < 4.78 is 26.4. The first-order valence-electron chi connectivity index (χ1n) is 11.5. The van der Waals surface area contributed by atoms with Gasteiger partial charge >= 0.3 is 13.6 Å². The first-order valence-corrected chi connectivity index (χ1v) is 13.1. The first kappa shape index (κ1) is 24.9. The fourth-order valence-electron chi connectivity index (χ4n) is 3.50. The minimum Gasteiger partial charge on any atom is -0.415 e. The van der Waals surface area contributed by atoms with Crippen molar-refractivity contribution in [3.63, 3.8) is 0 Å². The Labute approximate surface area is 210 Å². The molecule has 0 saturated heterocycles. The van der Waals surface area contributed by atoms with Crippen molar-refractivity contribution in [1.29, 1.82) is 0 Å². The molecular weight excluding hydrogens is 473 g/mol. The van der Waals surface area contributed by atoms with Crippen LogP contribution < -0.4 is 25.4 Å². The quantitative estimate of drug-likeness (QED) is 0.183. The summed E-state index contributed by atoms with van der Waals surface area (Å²) in [4.78, 5) is 12.9. The van der Waals surface area contributed by atoms with Crippen molar-refractivity contribution >= 4 is 19.3 Å². The van der Waals surface area contributed by atoms with Gasteiger partial charge in [-0.1, -0.05) is 78.9 Å². The van der Waals surface area contributed by atoms with Gasteiger partial charge in [-0.3, -0.25) is 0 Å². The van der Waals surface area contributed by atoms with Crippen molar-refractivity contribution in [3.8, 4) is 11.5 Å². The fourth-order valence-corrected chi connectivity index (χ4v) is 5.33. The van der Waals surface area contributed by atoms with Crippen LogP contribution in [-0.2, 0) is 17.5 Å². The maximum atomic E-state index is 14.4. The van der Waals surface area contributed by atoms with E-state index in [1.165, 1.54) is 0 Å². The zero-order chi connectivity index (χ0) is 25.2. The van der Waals surface area contributed by atoms with Gasteiger partial charge < -0.3 is 25.4 Å². The van der Waals surface area contributed by atoms with Gasteiger partial charge in [0.15, 0.2) is 5.78 Å². The van der Waals surface area contributed by atoms with E-state index in [1.54, 1.807) is 60.7 Å². The SMILES string of the molecule is Nc1ccc(CC(NC(=O)NCc2ccccc2)P(=O)(Oc2ccccc2)Oc2ccccc2)cc1. The second kappa shape index (κ2) is 12.0. The zero-order valence-electron chi connectivity index (χ0n) is 19.6. The number of carbonyl (C=O) groups excluding carboxylic acids is 1. The van der Waals surface area contributed by atoms with Crippen LogP contribution in [0.2, 0.25) is 0 Å². The molecule has 0 radical (unpaired) electrons. The van der Waals surface area contributed by atoms with Gasteiger partial charge in [0.05, 0.1) is 0 Å². The highest BCUT2D eigenvalue weighted by Gasteiger charge is 2.41. The van der Waals surface area contributed by atoms with Crippen molar-refractivity contribution in [2.45, 2.75) is 18.7 Å². The van der Waals surface area contributed by atoms with Crippen molar-refractivity contribution in [3.05, 3.63) is 126 Å². The molecule has 0 bridgehead atoms. The minimum atomic E-state index is -4.00. The lowest BCUT2D eigenvalue weighted by molar-refractivity contribution is 0.237. The lowest BCUT2D eigenvalue weighted by atomic mass is 10.1. The van der Waals surface area contributed by atoms with E-state index in [2.05, 4.69) is 10.6 Å². The van der Waals surface area contributed by atoms with E-state index >= 15 is 0 Å². The summed E-state index contributed by atoms with van der Waals surface area (Å²) in [5.41, 5.74) is 8.19. The molecule has 7 nitrogen and oxygen atoms in total. The molecule has 4 aromatic rings. The third kappa shape index (κ3) is 7.14. The summed E-state index contributed by atoms with van der Waals surface area (Å²) in [5, 5.41) is 5.66. The van der Waals surface area contributed by atoms with Crippen molar-refractivity contribution in [2.75, 3.05) is 5.73 Å². The Morgan fingerprint density at radius 2 is 1.22 bits per heavy atom. The fraction of sp³-hybridized carbons (Fsp3) is 0.107. The first-order chi connectivity index (χ1) is 17.5. The Kier molecular flexibility index (Phi) is 8.27. The summed E-state index contributed by atoms with van der Waals surface area (Å²) in [6.45, 7) is 0.310. The Balaban J connectivity index is 1.62. The highest BCUT2D eigenvalue weighted by atomic mass is 31.2. The molecular formula is C28H28N3O4P. The monoisotopic (exact) mass is 501 g/mol. The molecule has 0 aliphatic rings. The smallest absolute Gasteiger partial charge is 0.415 e. The predicted molar refractivity (Wildman–Crippen MR) is 142 cm³/mol. The van der Waals surface area contributed by atoms with Gasteiger partial charge in [0.1, 0.15) is 11.5 Å². The number of benzene rings is 4. The van der Waals surface area contributed by atoms with Gasteiger partial charge in [-0.15, -0.1) is 0 Å². The maximum absolute atomic E-state index is 14.4. The van der Waals surface area contributed by atoms with Gasteiger partial charge in [0.2, 0.25) is 0 Å². The molecule has 0 aliphatic heterocycles. The third-order valence-corrected chi connectivity index (χ3v) is 7.34. The number of nitrogens with two attached hydrogens (primary N) is 1. The standard InChI is InChI=1S/C28H28N3O4P/c29-24-18-16-22(17-19-24)20-27(31-28(32)30-21-23-10-4-1-5-11-23)36(33,34-25-12-6-2-7-13-25)35-26-14-8-3-9-15-26/h1-19,27H,20-21,29H2,(H2,30,31,32). The van der Waals surface area contributed by atoms with Crippen molar-refractivity contribution in [1.82, 2.24) is 10.6 Å². The molecule has 4 N–H and O–H groups in total.